The van der Waals surface area contributed by atoms with Gasteiger partial charge in [-0.3, -0.25) is 9.59 Å². The van der Waals surface area contributed by atoms with Crippen LogP contribution in [0.15, 0.2) is 0 Å². The average Bonchev–Trinajstić information content (AvgIpc) is 2.45. The summed E-state index contributed by atoms with van der Waals surface area (Å²) < 4.78 is 22.1. The Bertz CT molecular complexity index is 374. The molecular weight excluding hydrogens is 222 g/mol. The van der Waals surface area contributed by atoms with Crippen LogP contribution >= 0.6 is 0 Å². The molecule has 15 heavy (non-hydrogen) atoms. The van der Waals surface area contributed by atoms with Gasteiger partial charge in [0.2, 0.25) is 0 Å². The van der Waals surface area contributed by atoms with Crippen LogP contribution in [0.2, 0.25) is 0 Å². The molecule has 0 aromatic heterocycles. The molecule has 0 aromatic rings. The zero-order chi connectivity index (χ0) is 11.6. The molecule has 0 amide bonds. The molecule has 1 aliphatic heterocycles. The Morgan fingerprint density at radius 2 is 2.07 bits per heavy atom. The van der Waals surface area contributed by atoms with Crippen LogP contribution in [-0.4, -0.2) is 42.8 Å². The predicted octanol–water partition coefficient (Wildman–Crippen LogP) is -1.21. The average molecular weight is 235 g/mol. The normalized spacial score (nSPS) is 26.1. The van der Waals surface area contributed by atoms with Crippen LogP contribution in [0, 0.1) is 5.92 Å². The Morgan fingerprint density at radius 3 is 2.47 bits per heavy atom. The van der Waals surface area contributed by atoms with Crippen molar-refractivity contribution in [1.82, 2.24) is 0 Å². The van der Waals surface area contributed by atoms with Crippen molar-refractivity contribution < 1.29 is 23.1 Å². The van der Waals surface area contributed by atoms with E-state index >= 15 is 0 Å². The molecule has 1 heterocycles. The highest BCUT2D eigenvalue weighted by atomic mass is 32.2. The number of aliphatic carboxylic acids is 1. The van der Waals surface area contributed by atoms with Gasteiger partial charge in [-0.25, -0.2) is 8.42 Å². The first kappa shape index (κ1) is 12.1. The molecular formula is C8H13NO5S. The van der Waals surface area contributed by atoms with Gasteiger partial charge in [0.15, 0.2) is 9.84 Å². The fourth-order valence-corrected chi connectivity index (χ4v) is 3.30. The van der Waals surface area contributed by atoms with Crippen LogP contribution < -0.4 is 5.73 Å². The van der Waals surface area contributed by atoms with Gasteiger partial charge in [0.05, 0.1) is 11.5 Å². The van der Waals surface area contributed by atoms with Crippen LogP contribution in [0.1, 0.15) is 12.8 Å². The maximum Gasteiger partial charge on any atom is 0.320 e. The molecule has 3 N–H and O–H groups in total. The summed E-state index contributed by atoms with van der Waals surface area (Å²) in [5, 5.41) is 8.48. The summed E-state index contributed by atoms with van der Waals surface area (Å²) in [6.45, 7) is 0. The van der Waals surface area contributed by atoms with E-state index in [1.165, 1.54) is 0 Å². The molecule has 2 atom stereocenters. The second-order valence-electron chi connectivity index (χ2n) is 3.72. The molecule has 6 nitrogen and oxygen atoms in total. The largest absolute Gasteiger partial charge is 0.480 e. The number of carboxylic acids is 1. The number of carboxylic acid groups (broad SMARTS) is 1. The highest BCUT2D eigenvalue weighted by Crippen LogP contribution is 2.20. The lowest BCUT2D eigenvalue weighted by Crippen LogP contribution is -2.34. The van der Waals surface area contributed by atoms with E-state index in [0.717, 1.165) is 0 Å². The Balaban J connectivity index is 2.53. The van der Waals surface area contributed by atoms with E-state index in [2.05, 4.69) is 0 Å². The first-order valence-electron chi connectivity index (χ1n) is 4.53. The third-order valence-electron chi connectivity index (χ3n) is 2.43. The Hall–Kier alpha value is -0.950. The number of nitrogens with two attached hydrogens (primary N) is 1. The third kappa shape index (κ3) is 3.28. The maximum absolute atomic E-state index is 11.4. The van der Waals surface area contributed by atoms with Gasteiger partial charge < -0.3 is 10.8 Å². The number of ketones is 1. The van der Waals surface area contributed by atoms with Crippen molar-refractivity contribution in [2.45, 2.75) is 18.9 Å². The van der Waals surface area contributed by atoms with Crippen LogP contribution in [0.3, 0.4) is 0 Å². The maximum atomic E-state index is 11.4. The van der Waals surface area contributed by atoms with Crippen molar-refractivity contribution in [2.75, 3.05) is 11.5 Å². The Kier molecular flexibility index (Phi) is 3.46. The lowest BCUT2D eigenvalue weighted by molar-refractivity contribution is -0.140. The monoisotopic (exact) mass is 235 g/mol. The second-order valence-corrected chi connectivity index (χ2v) is 5.94. The molecule has 1 rings (SSSR count). The van der Waals surface area contributed by atoms with Crippen LogP contribution in [0.5, 0.6) is 0 Å². The molecule has 0 radical (unpaired) electrons. The van der Waals surface area contributed by atoms with Gasteiger partial charge in [-0.1, -0.05) is 0 Å². The summed E-state index contributed by atoms with van der Waals surface area (Å²) in [4.78, 5) is 21.8. The molecule has 86 valence electrons. The zero-order valence-electron chi connectivity index (χ0n) is 8.05. The van der Waals surface area contributed by atoms with E-state index in [4.69, 9.17) is 10.8 Å². The van der Waals surface area contributed by atoms with Gasteiger partial charge >= 0.3 is 5.97 Å². The molecule has 0 aromatic carbocycles. The fourth-order valence-electron chi connectivity index (χ4n) is 1.52. The summed E-state index contributed by atoms with van der Waals surface area (Å²) >= 11 is 0. The minimum Gasteiger partial charge on any atom is -0.480 e. The van der Waals surface area contributed by atoms with Gasteiger partial charge in [-0.05, 0) is 6.42 Å². The third-order valence-corrected chi connectivity index (χ3v) is 4.19. The molecule has 2 unspecified atom stereocenters. The lowest BCUT2D eigenvalue weighted by Gasteiger charge is -2.08. The molecule has 1 aliphatic rings. The van der Waals surface area contributed by atoms with Gasteiger partial charge in [0, 0.05) is 12.3 Å². The van der Waals surface area contributed by atoms with E-state index in [0.29, 0.717) is 0 Å². The molecule has 0 aliphatic carbocycles. The first-order valence-corrected chi connectivity index (χ1v) is 6.35. The minimum atomic E-state index is -3.11. The molecule has 7 heteroatoms. The van der Waals surface area contributed by atoms with Crippen molar-refractivity contribution in [3.8, 4) is 0 Å². The number of carbonyl (C=O) groups excluding carboxylic acids is 1. The topological polar surface area (TPSA) is 115 Å². The van der Waals surface area contributed by atoms with Crippen molar-refractivity contribution >= 4 is 21.6 Å². The number of rotatable bonds is 4. The summed E-state index contributed by atoms with van der Waals surface area (Å²) in [5.74, 6) is -2.35. The summed E-state index contributed by atoms with van der Waals surface area (Å²) in [5.41, 5.74) is 5.18. The van der Waals surface area contributed by atoms with Gasteiger partial charge in [0.1, 0.15) is 11.8 Å². The Morgan fingerprint density at radius 1 is 1.47 bits per heavy atom. The quantitative estimate of drug-likeness (QED) is 0.632. The SMILES string of the molecule is NC(CC(=O)C1CCS(=O)(=O)C1)C(=O)O. The zero-order valence-corrected chi connectivity index (χ0v) is 8.87. The summed E-state index contributed by atoms with van der Waals surface area (Å²) in [7, 11) is -3.11. The van der Waals surface area contributed by atoms with Gasteiger partial charge in [0.25, 0.3) is 0 Å². The van der Waals surface area contributed by atoms with E-state index in [1.807, 2.05) is 0 Å². The van der Waals surface area contributed by atoms with Gasteiger partial charge in [-0.15, -0.1) is 0 Å². The number of hydrogen-bond acceptors (Lipinski definition) is 5. The van der Waals surface area contributed by atoms with Crippen LogP contribution in [0.25, 0.3) is 0 Å². The number of hydrogen-bond donors (Lipinski definition) is 2. The van der Waals surface area contributed by atoms with Crippen molar-refractivity contribution in [2.24, 2.45) is 11.7 Å². The first-order chi connectivity index (χ1) is 6.82. The summed E-state index contributed by atoms with van der Waals surface area (Å²) in [6, 6.07) is -1.24. The van der Waals surface area contributed by atoms with Crippen molar-refractivity contribution in [3.63, 3.8) is 0 Å². The number of carbonyl (C=O) groups is 2. The summed E-state index contributed by atoms with van der Waals surface area (Å²) in [6.07, 6.45) is -0.0109. The lowest BCUT2D eigenvalue weighted by atomic mass is 9.98. The number of sulfone groups is 1. The van der Waals surface area contributed by atoms with E-state index < -0.39 is 27.8 Å². The molecule has 1 fully saturated rings. The van der Waals surface area contributed by atoms with Crippen LogP contribution in [-0.2, 0) is 19.4 Å². The molecule has 0 saturated carbocycles. The molecule has 0 bridgehead atoms. The van der Waals surface area contributed by atoms with E-state index in [1.54, 1.807) is 0 Å². The van der Waals surface area contributed by atoms with E-state index in [9.17, 15) is 18.0 Å². The smallest absolute Gasteiger partial charge is 0.320 e. The highest BCUT2D eigenvalue weighted by Gasteiger charge is 2.33. The fraction of sp³-hybridized carbons (Fsp3) is 0.750. The van der Waals surface area contributed by atoms with Gasteiger partial charge in [-0.2, -0.15) is 0 Å². The highest BCUT2D eigenvalue weighted by molar-refractivity contribution is 7.91. The predicted molar refractivity (Wildman–Crippen MR) is 52.0 cm³/mol. The van der Waals surface area contributed by atoms with Crippen molar-refractivity contribution in [1.29, 1.82) is 0 Å². The van der Waals surface area contributed by atoms with Crippen molar-refractivity contribution in [3.05, 3.63) is 0 Å². The number of Topliss-reactive ketones (excluding diaryl/α,β-unsaturated/α-hetero) is 1. The standard InChI is InChI=1S/C8H13NO5S/c9-6(8(11)12)3-7(10)5-1-2-15(13,14)4-5/h5-6H,1-4,9H2,(H,11,12). The molecule has 0 spiro atoms. The molecule has 1 saturated heterocycles. The second kappa shape index (κ2) is 4.28. The van der Waals surface area contributed by atoms with Crippen LogP contribution in [0.4, 0.5) is 0 Å². The Labute approximate surface area is 87.4 Å². The minimum absolute atomic E-state index is 0.00567. The van der Waals surface area contributed by atoms with E-state index in [-0.39, 0.29) is 30.1 Å².